The maximum atomic E-state index is 12.3. The minimum Gasteiger partial charge on any atom is -0.497 e. The van der Waals surface area contributed by atoms with Gasteiger partial charge in [0, 0.05) is 11.9 Å². The second-order valence-corrected chi connectivity index (χ2v) is 7.37. The second-order valence-electron chi connectivity index (χ2n) is 5.14. The van der Waals surface area contributed by atoms with E-state index >= 15 is 0 Å². The SMILES string of the molecule is COc1ccc(CNC(=O)C(C)Sc2ncnc3sccc23)cc1. The first-order valence-corrected chi connectivity index (χ1v) is 9.19. The predicted octanol–water partition coefficient (Wildman–Crippen LogP) is 3.50. The molecule has 2 heterocycles. The molecule has 0 radical (unpaired) electrons. The number of ether oxygens (including phenoxy) is 1. The molecule has 0 saturated carbocycles. The first kappa shape index (κ1) is 16.7. The lowest BCUT2D eigenvalue weighted by molar-refractivity contribution is -0.120. The molecular weight excluding hydrogens is 342 g/mol. The number of nitrogens with zero attached hydrogens (tertiary/aromatic N) is 2. The fourth-order valence-corrected chi connectivity index (χ4v) is 3.88. The van der Waals surface area contributed by atoms with E-state index in [4.69, 9.17) is 4.74 Å². The standard InChI is InChI=1S/C17H17N3O2S2/c1-11(24-17-14-7-8-23-16(14)19-10-20-17)15(21)18-9-12-3-5-13(22-2)6-4-12/h3-8,10-11H,9H2,1-2H3,(H,18,21). The van der Waals surface area contributed by atoms with Crippen molar-refractivity contribution in [3.05, 3.63) is 47.6 Å². The van der Waals surface area contributed by atoms with Crippen LogP contribution in [-0.4, -0.2) is 28.2 Å². The van der Waals surface area contributed by atoms with E-state index in [1.54, 1.807) is 24.8 Å². The van der Waals surface area contributed by atoms with Crippen LogP contribution in [0.1, 0.15) is 12.5 Å². The van der Waals surface area contributed by atoms with E-state index in [-0.39, 0.29) is 11.2 Å². The number of fused-ring (bicyclic) bond motifs is 1. The van der Waals surface area contributed by atoms with Gasteiger partial charge in [-0.05, 0) is 36.1 Å². The maximum Gasteiger partial charge on any atom is 0.233 e. The number of aromatic nitrogens is 2. The van der Waals surface area contributed by atoms with Gasteiger partial charge in [-0.3, -0.25) is 4.79 Å². The molecule has 0 aliphatic rings. The Balaban J connectivity index is 1.59. The van der Waals surface area contributed by atoms with Crippen LogP contribution in [0.5, 0.6) is 5.75 Å². The van der Waals surface area contributed by atoms with Crippen LogP contribution < -0.4 is 10.1 Å². The van der Waals surface area contributed by atoms with Crippen LogP contribution in [0.3, 0.4) is 0 Å². The Bertz CT molecular complexity index is 833. The molecule has 3 aromatic rings. The van der Waals surface area contributed by atoms with Gasteiger partial charge in [-0.1, -0.05) is 23.9 Å². The first-order chi connectivity index (χ1) is 11.7. The Hall–Kier alpha value is -2.12. The van der Waals surface area contributed by atoms with E-state index < -0.39 is 0 Å². The summed E-state index contributed by atoms with van der Waals surface area (Å²) in [6.45, 7) is 2.37. The molecule has 2 aromatic heterocycles. The molecule has 1 atom stereocenters. The van der Waals surface area contributed by atoms with Crippen molar-refractivity contribution in [2.45, 2.75) is 23.7 Å². The number of hydrogen-bond acceptors (Lipinski definition) is 6. The molecule has 1 amide bonds. The zero-order valence-corrected chi connectivity index (χ0v) is 15.0. The van der Waals surface area contributed by atoms with Crippen molar-refractivity contribution < 1.29 is 9.53 Å². The van der Waals surface area contributed by atoms with Crippen LogP contribution >= 0.6 is 23.1 Å². The van der Waals surface area contributed by atoms with Crippen LogP contribution in [0.4, 0.5) is 0 Å². The molecule has 0 aliphatic carbocycles. The van der Waals surface area contributed by atoms with Crippen LogP contribution in [0.25, 0.3) is 10.2 Å². The zero-order chi connectivity index (χ0) is 16.9. The number of thiophene rings is 1. The second kappa shape index (κ2) is 7.63. The lowest BCUT2D eigenvalue weighted by atomic mass is 10.2. The lowest BCUT2D eigenvalue weighted by Crippen LogP contribution is -2.30. The summed E-state index contributed by atoms with van der Waals surface area (Å²) in [5.74, 6) is 0.787. The number of benzene rings is 1. The van der Waals surface area contributed by atoms with Gasteiger partial charge in [0.25, 0.3) is 0 Å². The average molecular weight is 359 g/mol. The van der Waals surface area contributed by atoms with Crippen molar-refractivity contribution in [2.75, 3.05) is 7.11 Å². The van der Waals surface area contributed by atoms with Crippen LogP contribution in [0.2, 0.25) is 0 Å². The van der Waals surface area contributed by atoms with Crippen LogP contribution in [0.15, 0.2) is 47.1 Å². The molecule has 5 nitrogen and oxygen atoms in total. The molecule has 0 bridgehead atoms. The Morgan fingerprint density at radius 3 is 2.83 bits per heavy atom. The van der Waals surface area contributed by atoms with Gasteiger partial charge in [-0.25, -0.2) is 9.97 Å². The highest BCUT2D eigenvalue weighted by Crippen LogP contribution is 2.30. The minimum absolute atomic E-state index is 0.0159. The summed E-state index contributed by atoms with van der Waals surface area (Å²) in [5, 5.41) is 6.55. The maximum absolute atomic E-state index is 12.3. The largest absolute Gasteiger partial charge is 0.497 e. The number of methoxy groups -OCH3 is 1. The molecule has 0 aliphatic heterocycles. The molecular formula is C17H17N3O2S2. The van der Waals surface area contributed by atoms with E-state index in [9.17, 15) is 4.79 Å². The van der Waals surface area contributed by atoms with Crippen molar-refractivity contribution in [1.82, 2.24) is 15.3 Å². The number of carbonyl (C=O) groups excluding carboxylic acids is 1. The topological polar surface area (TPSA) is 64.1 Å². The van der Waals surface area contributed by atoms with Crippen LogP contribution in [-0.2, 0) is 11.3 Å². The van der Waals surface area contributed by atoms with Crippen molar-refractivity contribution in [2.24, 2.45) is 0 Å². The highest BCUT2D eigenvalue weighted by atomic mass is 32.2. The van der Waals surface area contributed by atoms with Crippen molar-refractivity contribution in [3.8, 4) is 5.75 Å². The summed E-state index contributed by atoms with van der Waals surface area (Å²) in [7, 11) is 1.63. The molecule has 1 aromatic carbocycles. The first-order valence-electron chi connectivity index (χ1n) is 7.43. The van der Waals surface area contributed by atoms with Gasteiger partial charge in [0.05, 0.1) is 12.4 Å². The van der Waals surface area contributed by atoms with E-state index in [0.29, 0.717) is 6.54 Å². The minimum atomic E-state index is -0.235. The smallest absolute Gasteiger partial charge is 0.233 e. The molecule has 24 heavy (non-hydrogen) atoms. The third-order valence-corrected chi connectivity index (χ3v) is 5.45. The number of rotatable bonds is 6. The number of carbonyl (C=O) groups is 1. The van der Waals surface area contributed by atoms with E-state index in [1.165, 1.54) is 11.8 Å². The number of nitrogens with one attached hydrogen (secondary N) is 1. The molecule has 0 spiro atoms. The summed E-state index contributed by atoms with van der Waals surface area (Å²) in [6, 6.07) is 9.64. The van der Waals surface area contributed by atoms with E-state index in [0.717, 1.165) is 26.6 Å². The van der Waals surface area contributed by atoms with Gasteiger partial charge in [0.2, 0.25) is 5.91 Å². The van der Waals surface area contributed by atoms with Crippen molar-refractivity contribution in [3.63, 3.8) is 0 Å². The normalized spacial score (nSPS) is 12.1. The van der Waals surface area contributed by atoms with Gasteiger partial charge in [-0.2, -0.15) is 0 Å². The Morgan fingerprint density at radius 2 is 2.08 bits per heavy atom. The quantitative estimate of drug-likeness (QED) is 0.539. The van der Waals surface area contributed by atoms with Crippen molar-refractivity contribution in [1.29, 1.82) is 0 Å². The summed E-state index contributed by atoms with van der Waals surface area (Å²) in [5.41, 5.74) is 1.03. The predicted molar refractivity (Wildman–Crippen MR) is 97.6 cm³/mol. The molecule has 0 saturated heterocycles. The van der Waals surface area contributed by atoms with Gasteiger partial charge >= 0.3 is 0 Å². The summed E-state index contributed by atoms with van der Waals surface area (Å²) in [4.78, 5) is 21.8. The Kier molecular flexibility index (Phi) is 5.32. The van der Waals surface area contributed by atoms with Gasteiger partial charge in [-0.15, -0.1) is 11.3 Å². The van der Waals surface area contributed by atoms with E-state index in [2.05, 4.69) is 15.3 Å². The fourth-order valence-electron chi connectivity index (χ4n) is 2.16. The summed E-state index contributed by atoms with van der Waals surface area (Å²) in [6.07, 6.45) is 1.54. The Labute approximate surface area is 148 Å². The Morgan fingerprint density at radius 1 is 1.29 bits per heavy atom. The van der Waals surface area contributed by atoms with Gasteiger partial charge < -0.3 is 10.1 Å². The third kappa shape index (κ3) is 3.85. The molecule has 1 unspecified atom stereocenters. The van der Waals surface area contributed by atoms with E-state index in [1.807, 2.05) is 42.6 Å². The molecule has 3 rings (SSSR count). The molecule has 1 N–H and O–H groups in total. The number of thioether (sulfide) groups is 1. The number of amides is 1. The van der Waals surface area contributed by atoms with Gasteiger partial charge in [0.15, 0.2) is 0 Å². The summed E-state index contributed by atoms with van der Waals surface area (Å²) >= 11 is 3.02. The zero-order valence-electron chi connectivity index (χ0n) is 13.4. The monoisotopic (exact) mass is 359 g/mol. The lowest BCUT2D eigenvalue weighted by Gasteiger charge is -2.12. The molecule has 124 valence electrons. The molecule has 0 fully saturated rings. The molecule has 7 heteroatoms. The fraction of sp³-hybridized carbons (Fsp3) is 0.235. The highest BCUT2D eigenvalue weighted by Gasteiger charge is 2.17. The number of hydrogen-bond donors (Lipinski definition) is 1. The third-order valence-electron chi connectivity index (χ3n) is 3.51. The van der Waals surface area contributed by atoms with Gasteiger partial charge in [0.1, 0.15) is 21.9 Å². The average Bonchev–Trinajstić information content (AvgIpc) is 3.10. The van der Waals surface area contributed by atoms with Crippen molar-refractivity contribution >= 4 is 39.2 Å². The highest BCUT2D eigenvalue weighted by molar-refractivity contribution is 8.00. The summed E-state index contributed by atoms with van der Waals surface area (Å²) < 4.78 is 5.13. The van der Waals surface area contributed by atoms with Crippen LogP contribution in [0, 0.1) is 0 Å².